The minimum atomic E-state index is -1.56. The lowest BCUT2D eigenvalue weighted by Gasteiger charge is -2.36. The van der Waals surface area contributed by atoms with Gasteiger partial charge in [0.15, 0.2) is 22.7 Å². The number of carbonyl (C=O) groups is 1. The summed E-state index contributed by atoms with van der Waals surface area (Å²) < 4.78 is 16.6. The maximum absolute atomic E-state index is 14.0. The van der Waals surface area contributed by atoms with Crippen molar-refractivity contribution in [1.29, 1.82) is 10.5 Å². The van der Waals surface area contributed by atoms with Gasteiger partial charge in [0.1, 0.15) is 0 Å². The number of ketones is 1. The number of nitriles is 2. The van der Waals surface area contributed by atoms with E-state index in [2.05, 4.69) is 12.1 Å². The quantitative estimate of drug-likeness (QED) is 0.615. The fourth-order valence-corrected chi connectivity index (χ4v) is 5.39. The molecule has 3 atom stereocenters. The number of nitrogens with zero attached hydrogens (tertiary/aromatic N) is 3. The molecule has 2 aliphatic heterocycles. The Hall–Kier alpha value is -3.97. The van der Waals surface area contributed by atoms with Crippen LogP contribution in [0.1, 0.15) is 49.4 Å². The van der Waals surface area contributed by atoms with Crippen molar-refractivity contribution >= 4 is 11.9 Å². The Labute approximate surface area is 206 Å². The molecule has 1 fully saturated rings. The summed E-state index contributed by atoms with van der Waals surface area (Å²) in [4.78, 5) is 15.9. The summed E-state index contributed by atoms with van der Waals surface area (Å²) in [5.74, 6) is 0.359. The van der Waals surface area contributed by atoms with E-state index in [1.807, 2.05) is 62.2 Å². The molecular formula is C28H29N3O4. The molecule has 1 saturated heterocycles. The van der Waals surface area contributed by atoms with E-state index in [0.717, 1.165) is 11.1 Å². The third kappa shape index (κ3) is 3.51. The monoisotopic (exact) mass is 471 g/mol. The van der Waals surface area contributed by atoms with Crippen LogP contribution in [0.3, 0.4) is 0 Å². The SMILES string of the molecule is COc1cc([C@@H]2[C@@H](C(=O)C(C)(C)C)N3C=Cc4ccccc4[C@@H]3C2(C#N)C#N)cc(OC)c1OC. The zero-order valence-corrected chi connectivity index (χ0v) is 20.8. The van der Waals surface area contributed by atoms with E-state index in [-0.39, 0.29) is 5.78 Å². The third-order valence-corrected chi connectivity index (χ3v) is 7.00. The second-order valence-corrected chi connectivity index (χ2v) is 9.88. The smallest absolute Gasteiger partial charge is 0.203 e. The predicted octanol–water partition coefficient (Wildman–Crippen LogP) is 4.85. The molecular weight excluding hydrogens is 442 g/mol. The first-order chi connectivity index (χ1) is 16.7. The Balaban J connectivity index is 2.06. The van der Waals surface area contributed by atoms with Crippen LogP contribution in [0, 0.1) is 33.5 Å². The summed E-state index contributed by atoms with van der Waals surface area (Å²) in [7, 11) is 4.54. The van der Waals surface area contributed by atoms with Crippen molar-refractivity contribution in [2.24, 2.45) is 10.8 Å². The minimum absolute atomic E-state index is 0.0577. The van der Waals surface area contributed by atoms with Crippen molar-refractivity contribution in [3.63, 3.8) is 0 Å². The van der Waals surface area contributed by atoms with Crippen molar-refractivity contribution in [1.82, 2.24) is 4.90 Å². The number of methoxy groups -OCH3 is 3. The molecule has 0 unspecified atom stereocenters. The predicted molar refractivity (Wildman–Crippen MR) is 131 cm³/mol. The number of hydrogen-bond donors (Lipinski definition) is 0. The number of Topliss-reactive ketones (excluding diaryl/α,β-unsaturated/α-hetero) is 1. The number of hydrogen-bond acceptors (Lipinski definition) is 7. The van der Waals surface area contributed by atoms with E-state index in [9.17, 15) is 15.3 Å². The summed E-state index contributed by atoms with van der Waals surface area (Å²) in [6.45, 7) is 5.57. The van der Waals surface area contributed by atoms with E-state index < -0.39 is 28.8 Å². The van der Waals surface area contributed by atoms with Gasteiger partial charge in [0.05, 0.1) is 45.6 Å². The molecule has 35 heavy (non-hydrogen) atoms. The second kappa shape index (κ2) is 8.67. The van der Waals surface area contributed by atoms with Crippen molar-refractivity contribution in [2.75, 3.05) is 21.3 Å². The van der Waals surface area contributed by atoms with Gasteiger partial charge in [-0.05, 0) is 34.9 Å². The maximum atomic E-state index is 14.0. The fourth-order valence-electron chi connectivity index (χ4n) is 5.39. The molecule has 0 spiro atoms. The van der Waals surface area contributed by atoms with Gasteiger partial charge in [0.2, 0.25) is 5.75 Å². The van der Waals surface area contributed by atoms with Crippen molar-refractivity contribution < 1.29 is 19.0 Å². The van der Waals surface area contributed by atoms with Crippen LogP contribution in [0.5, 0.6) is 17.2 Å². The van der Waals surface area contributed by atoms with Crippen LogP contribution in [0.2, 0.25) is 0 Å². The van der Waals surface area contributed by atoms with Crippen molar-refractivity contribution in [2.45, 2.75) is 38.8 Å². The number of benzene rings is 2. The van der Waals surface area contributed by atoms with E-state index in [0.29, 0.717) is 22.8 Å². The summed E-state index contributed by atoms with van der Waals surface area (Å²) in [5, 5.41) is 21.3. The lowest BCUT2D eigenvalue weighted by atomic mass is 9.66. The van der Waals surface area contributed by atoms with Gasteiger partial charge in [-0.15, -0.1) is 0 Å². The molecule has 0 saturated carbocycles. The molecule has 0 radical (unpaired) electrons. The summed E-state index contributed by atoms with van der Waals surface area (Å²) in [6.07, 6.45) is 3.79. The van der Waals surface area contributed by atoms with Gasteiger partial charge in [0, 0.05) is 17.5 Å². The number of fused-ring (bicyclic) bond motifs is 3. The molecule has 2 aromatic rings. The van der Waals surface area contributed by atoms with Gasteiger partial charge < -0.3 is 19.1 Å². The summed E-state index contributed by atoms with van der Waals surface area (Å²) >= 11 is 0. The normalized spacial score (nSPS) is 21.8. The largest absolute Gasteiger partial charge is 0.493 e. The van der Waals surface area contributed by atoms with Gasteiger partial charge in [-0.2, -0.15) is 10.5 Å². The third-order valence-electron chi connectivity index (χ3n) is 7.00. The highest BCUT2D eigenvalue weighted by Crippen LogP contribution is 2.61. The molecule has 7 nitrogen and oxygen atoms in total. The van der Waals surface area contributed by atoms with Crippen LogP contribution in [0.25, 0.3) is 6.08 Å². The van der Waals surface area contributed by atoms with Gasteiger partial charge in [0.25, 0.3) is 0 Å². The van der Waals surface area contributed by atoms with Crippen LogP contribution >= 0.6 is 0 Å². The highest BCUT2D eigenvalue weighted by molar-refractivity contribution is 5.91. The van der Waals surface area contributed by atoms with Crippen molar-refractivity contribution in [3.8, 4) is 29.4 Å². The van der Waals surface area contributed by atoms with Crippen molar-refractivity contribution in [3.05, 3.63) is 59.3 Å². The standard InChI is InChI=1S/C28H29N3O4/c1-27(2,3)26(32)23-22(18-13-20(33-4)24(35-6)21(14-18)34-5)28(15-29,16-30)25-19-10-8-7-9-17(19)11-12-31(23)25/h7-14,22-23,25H,1-6H3/t22-,23+,25-/m1/s1. The molecule has 0 aliphatic carbocycles. The average Bonchev–Trinajstić information content (AvgIpc) is 3.17. The summed E-state index contributed by atoms with van der Waals surface area (Å²) in [6, 6.07) is 14.5. The zero-order valence-electron chi connectivity index (χ0n) is 20.8. The molecule has 2 aromatic carbocycles. The average molecular weight is 472 g/mol. The van der Waals surface area contributed by atoms with Gasteiger partial charge in [-0.25, -0.2) is 0 Å². The highest BCUT2D eigenvalue weighted by Gasteiger charge is 2.64. The van der Waals surface area contributed by atoms with Crippen LogP contribution in [-0.4, -0.2) is 38.1 Å². The van der Waals surface area contributed by atoms with E-state index in [1.165, 1.54) is 21.3 Å². The topological polar surface area (TPSA) is 95.6 Å². The first kappa shape index (κ1) is 24.2. The Morgan fingerprint density at radius 2 is 1.60 bits per heavy atom. The first-order valence-electron chi connectivity index (χ1n) is 11.4. The Morgan fingerprint density at radius 3 is 2.11 bits per heavy atom. The van der Waals surface area contributed by atoms with Gasteiger partial charge >= 0.3 is 0 Å². The lowest BCUT2D eigenvalue weighted by molar-refractivity contribution is -0.130. The minimum Gasteiger partial charge on any atom is -0.493 e. The van der Waals surface area contributed by atoms with E-state index in [4.69, 9.17) is 14.2 Å². The molecule has 180 valence electrons. The van der Waals surface area contributed by atoms with E-state index in [1.54, 1.807) is 12.1 Å². The fraction of sp³-hybridized carbons (Fsp3) is 0.393. The lowest BCUT2D eigenvalue weighted by Crippen LogP contribution is -2.43. The highest BCUT2D eigenvalue weighted by atomic mass is 16.5. The molecule has 7 heteroatoms. The molecule has 0 N–H and O–H groups in total. The molecule has 0 aromatic heterocycles. The number of carbonyl (C=O) groups excluding carboxylic acids is 1. The number of rotatable bonds is 5. The van der Waals surface area contributed by atoms with E-state index >= 15 is 0 Å². The molecule has 4 rings (SSSR count). The molecule has 0 amide bonds. The van der Waals surface area contributed by atoms with Crippen LogP contribution in [0.15, 0.2) is 42.6 Å². The Morgan fingerprint density at radius 1 is 1.00 bits per heavy atom. The molecule has 0 bridgehead atoms. The zero-order chi connectivity index (χ0) is 25.5. The van der Waals surface area contributed by atoms with Crippen LogP contribution in [0.4, 0.5) is 0 Å². The second-order valence-electron chi connectivity index (χ2n) is 9.88. The maximum Gasteiger partial charge on any atom is 0.203 e. The first-order valence-corrected chi connectivity index (χ1v) is 11.4. The van der Waals surface area contributed by atoms with Gasteiger partial charge in [-0.3, -0.25) is 4.79 Å². The number of ether oxygens (including phenoxy) is 3. The summed E-state index contributed by atoms with van der Waals surface area (Å²) in [5.41, 5.74) is 0.109. The van der Waals surface area contributed by atoms with Gasteiger partial charge in [-0.1, -0.05) is 45.0 Å². The molecule has 2 heterocycles. The Bertz CT molecular complexity index is 1240. The van der Waals surface area contributed by atoms with Crippen LogP contribution < -0.4 is 14.2 Å². The molecule has 2 aliphatic rings. The van der Waals surface area contributed by atoms with Crippen LogP contribution in [-0.2, 0) is 4.79 Å². The Kier molecular flexibility index (Phi) is 5.99.